The highest BCUT2D eigenvalue weighted by molar-refractivity contribution is 7.92. The van der Waals surface area contributed by atoms with Crippen LogP contribution >= 0.6 is 34.8 Å². The Morgan fingerprint density at radius 2 is 1.70 bits per heavy atom. The molecule has 2 aromatic carbocycles. The SMILES string of the molecule is COc1ccc(OC)c([C@@H](C)NC(=O)CN(c2cc(Cl)c(Cl)cc2Cl)S(C)(=O)=O)c1. The van der Waals surface area contributed by atoms with Gasteiger partial charge in [-0.05, 0) is 37.3 Å². The van der Waals surface area contributed by atoms with Crippen LogP contribution in [0.25, 0.3) is 0 Å². The fourth-order valence-corrected chi connectivity index (χ4v) is 4.31. The highest BCUT2D eigenvalue weighted by atomic mass is 35.5. The molecule has 1 amide bonds. The Hall–Kier alpha value is -1.87. The molecule has 0 aliphatic heterocycles. The largest absolute Gasteiger partial charge is 0.497 e. The van der Waals surface area contributed by atoms with Gasteiger partial charge in [0, 0.05) is 5.56 Å². The van der Waals surface area contributed by atoms with Crippen LogP contribution in [-0.4, -0.2) is 41.3 Å². The summed E-state index contributed by atoms with van der Waals surface area (Å²) in [6.45, 7) is 1.24. The van der Waals surface area contributed by atoms with Gasteiger partial charge in [-0.2, -0.15) is 0 Å². The minimum absolute atomic E-state index is 0.0464. The van der Waals surface area contributed by atoms with Crippen molar-refractivity contribution in [2.24, 2.45) is 0 Å². The lowest BCUT2D eigenvalue weighted by Gasteiger charge is -2.25. The molecule has 7 nitrogen and oxygen atoms in total. The number of amides is 1. The van der Waals surface area contributed by atoms with Crippen molar-refractivity contribution in [3.63, 3.8) is 0 Å². The summed E-state index contributed by atoms with van der Waals surface area (Å²) in [5.41, 5.74) is 0.721. The van der Waals surface area contributed by atoms with Gasteiger partial charge >= 0.3 is 0 Å². The molecule has 0 saturated heterocycles. The Morgan fingerprint density at radius 3 is 2.27 bits per heavy atom. The molecular formula is C19H21Cl3N2O5S. The Bertz CT molecular complexity index is 1050. The van der Waals surface area contributed by atoms with E-state index in [2.05, 4.69) is 5.32 Å². The van der Waals surface area contributed by atoms with Gasteiger partial charge in [0.15, 0.2) is 0 Å². The quantitative estimate of drug-likeness (QED) is 0.552. The number of halogens is 3. The van der Waals surface area contributed by atoms with Crippen LogP contribution in [0, 0.1) is 0 Å². The second-order valence-corrected chi connectivity index (χ2v) is 9.51. The predicted octanol–water partition coefficient (Wildman–Crippen LogP) is 4.31. The number of ether oxygens (including phenoxy) is 2. The standard InChI is InChI=1S/C19H21Cl3N2O5S/c1-11(13-7-12(28-2)5-6-18(13)29-3)23-19(25)10-24(30(4,26)27)17-9-15(21)14(20)8-16(17)22/h5-9,11H,10H2,1-4H3,(H,23,25)/t11-/m1/s1. The molecule has 0 radical (unpaired) electrons. The Kier molecular flexibility index (Phi) is 8.10. The molecule has 0 bridgehead atoms. The molecule has 11 heteroatoms. The lowest BCUT2D eigenvalue weighted by molar-refractivity contribution is -0.120. The van der Waals surface area contributed by atoms with E-state index in [4.69, 9.17) is 44.3 Å². The summed E-state index contributed by atoms with van der Waals surface area (Å²) < 4.78 is 36.1. The maximum atomic E-state index is 12.7. The van der Waals surface area contributed by atoms with E-state index in [0.29, 0.717) is 17.1 Å². The molecule has 0 aliphatic carbocycles. The topological polar surface area (TPSA) is 84.9 Å². The number of carbonyl (C=O) groups excluding carboxylic acids is 1. The lowest BCUT2D eigenvalue weighted by Crippen LogP contribution is -2.41. The monoisotopic (exact) mass is 494 g/mol. The molecule has 0 saturated carbocycles. The molecule has 30 heavy (non-hydrogen) atoms. The lowest BCUT2D eigenvalue weighted by atomic mass is 10.1. The van der Waals surface area contributed by atoms with Gasteiger partial charge in [0.2, 0.25) is 15.9 Å². The molecular weight excluding hydrogens is 475 g/mol. The van der Waals surface area contributed by atoms with Crippen molar-refractivity contribution in [2.75, 3.05) is 31.3 Å². The van der Waals surface area contributed by atoms with Crippen molar-refractivity contribution in [3.8, 4) is 11.5 Å². The minimum atomic E-state index is -3.85. The maximum Gasteiger partial charge on any atom is 0.241 e. The summed E-state index contributed by atoms with van der Waals surface area (Å²) >= 11 is 18.1. The van der Waals surface area contributed by atoms with E-state index in [9.17, 15) is 13.2 Å². The molecule has 0 heterocycles. The third-order valence-corrected chi connectivity index (χ3v) is 6.38. The highest BCUT2D eigenvalue weighted by Gasteiger charge is 2.25. The van der Waals surface area contributed by atoms with E-state index in [1.54, 1.807) is 25.1 Å². The summed E-state index contributed by atoms with van der Waals surface area (Å²) in [6.07, 6.45) is 0.966. The van der Waals surface area contributed by atoms with Gasteiger partial charge in [-0.1, -0.05) is 34.8 Å². The van der Waals surface area contributed by atoms with E-state index in [-0.39, 0.29) is 20.8 Å². The molecule has 0 fully saturated rings. The van der Waals surface area contributed by atoms with Gasteiger partial charge in [-0.25, -0.2) is 8.42 Å². The number of carbonyl (C=O) groups is 1. The van der Waals surface area contributed by atoms with Crippen molar-refractivity contribution in [3.05, 3.63) is 51.0 Å². The first-order valence-electron chi connectivity index (χ1n) is 8.61. The van der Waals surface area contributed by atoms with Crippen molar-refractivity contribution >= 4 is 56.4 Å². The predicted molar refractivity (Wildman–Crippen MR) is 120 cm³/mol. The van der Waals surface area contributed by atoms with Gasteiger partial charge in [0.1, 0.15) is 18.0 Å². The van der Waals surface area contributed by atoms with Crippen LogP contribution in [-0.2, 0) is 14.8 Å². The van der Waals surface area contributed by atoms with Crippen molar-refractivity contribution in [1.82, 2.24) is 5.32 Å². The van der Waals surface area contributed by atoms with E-state index in [1.807, 2.05) is 0 Å². The molecule has 0 aliphatic rings. The Labute approximate surface area is 190 Å². The van der Waals surface area contributed by atoms with Gasteiger partial charge in [0.05, 0.1) is 47.3 Å². The van der Waals surface area contributed by atoms with Crippen LogP contribution in [0.4, 0.5) is 5.69 Å². The number of methoxy groups -OCH3 is 2. The second kappa shape index (κ2) is 9.96. The van der Waals surface area contributed by atoms with Crippen molar-refractivity contribution in [2.45, 2.75) is 13.0 Å². The van der Waals surface area contributed by atoms with E-state index < -0.39 is 28.5 Å². The third-order valence-electron chi connectivity index (χ3n) is 4.23. The normalized spacial score (nSPS) is 12.2. The number of rotatable bonds is 8. The molecule has 2 aromatic rings. The number of nitrogens with zero attached hydrogens (tertiary/aromatic N) is 1. The van der Waals surface area contributed by atoms with Gasteiger partial charge in [0.25, 0.3) is 0 Å². The summed E-state index contributed by atoms with van der Waals surface area (Å²) in [7, 11) is -0.808. The fraction of sp³-hybridized carbons (Fsp3) is 0.316. The van der Waals surface area contributed by atoms with E-state index in [1.165, 1.54) is 26.4 Å². The third kappa shape index (κ3) is 5.85. The maximum absolute atomic E-state index is 12.7. The highest BCUT2D eigenvalue weighted by Crippen LogP contribution is 2.35. The Morgan fingerprint density at radius 1 is 1.07 bits per heavy atom. The zero-order valence-electron chi connectivity index (χ0n) is 16.7. The molecule has 0 spiro atoms. The number of hydrogen-bond acceptors (Lipinski definition) is 5. The summed E-state index contributed by atoms with van der Waals surface area (Å²) in [5.74, 6) is 0.586. The van der Waals surface area contributed by atoms with E-state index >= 15 is 0 Å². The molecule has 164 valence electrons. The van der Waals surface area contributed by atoms with Crippen LogP contribution in [0.5, 0.6) is 11.5 Å². The summed E-state index contributed by atoms with van der Waals surface area (Å²) in [4.78, 5) is 12.7. The van der Waals surface area contributed by atoms with Gasteiger partial charge < -0.3 is 14.8 Å². The van der Waals surface area contributed by atoms with Crippen LogP contribution < -0.4 is 19.1 Å². The number of nitrogens with one attached hydrogen (secondary N) is 1. The van der Waals surface area contributed by atoms with E-state index in [0.717, 1.165) is 10.6 Å². The Balaban J connectivity index is 2.29. The first-order chi connectivity index (χ1) is 14.0. The molecule has 1 atom stereocenters. The molecule has 2 rings (SSSR count). The van der Waals surface area contributed by atoms with Crippen LogP contribution in [0.15, 0.2) is 30.3 Å². The molecule has 0 unspecified atom stereocenters. The minimum Gasteiger partial charge on any atom is -0.497 e. The van der Waals surface area contributed by atoms with Crippen LogP contribution in [0.1, 0.15) is 18.5 Å². The number of sulfonamides is 1. The zero-order chi connectivity index (χ0) is 22.6. The first-order valence-corrected chi connectivity index (χ1v) is 11.6. The van der Waals surface area contributed by atoms with Gasteiger partial charge in [-0.15, -0.1) is 0 Å². The fourth-order valence-electron chi connectivity index (χ4n) is 2.76. The molecule has 1 N–H and O–H groups in total. The average Bonchev–Trinajstić information content (AvgIpc) is 2.67. The number of hydrogen-bond donors (Lipinski definition) is 1. The summed E-state index contributed by atoms with van der Waals surface area (Å²) in [6, 6.07) is 7.31. The van der Waals surface area contributed by atoms with Gasteiger partial charge in [-0.3, -0.25) is 9.10 Å². The average molecular weight is 496 g/mol. The number of anilines is 1. The second-order valence-electron chi connectivity index (χ2n) is 6.38. The zero-order valence-corrected chi connectivity index (χ0v) is 19.8. The smallest absolute Gasteiger partial charge is 0.241 e. The molecule has 0 aromatic heterocycles. The first kappa shape index (κ1) is 24.4. The van der Waals surface area contributed by atoms with Crippen LogP contribution in [0.3, 0.4) is 0 Å². The van der Waals surface area contributed by atoms with Crippen LogP contribution in [0.2, 0.25) is 15.1 Å². The van der Waals surface area contributed by atoms with Crippen molar-refractivity contribution < 1.29 is 22.7 Å². The summed E-state index contributed by atoms with van der Waals surface area (Å²) in [5, 5.41) is 3.08. The number of benzene rings is 2. The van der Waals surface area contributed by atoms with Crippen molar-refractivity contribution in [1.29, 1.82) is 0 Å².